The van der Waals surface area contributed by atoms with Gasteiger partial charge in [-0.25, -0.2) is 0 Å². The van der Waals surface area contributed by atoms with Crippen molar-refractivity contribution in [2.45, 2.75) is 32.7 Å². The number of nitrogens with zero attached hydrogens (tertiary/aromatic N) is 1. The van der Waals surface area contributed by atoms with Gasteiger partial charge in [0, 0.05) is 19.1 Å². The first kappa shape index (κ1) is 17.8. The van der Waals surface area contributed by atoms with Gasteiger partial charge in [-0.1, -0.05) is 24.6 Å². The Morgan fingerprint density at radius 2 is 2.10 bits per heavy atom. The molecule has 1 aliphatic rings. The number of carbonyl (C=O) groups excluding carboxylic acids is 1. The van der Waals surface area contributed by atoms with Crippen molar-refractivity contribution in [2.24, 2.45) is 0 Å². The summed E-state index contributed by atoms with van der Waals surface area (Å²) in [5, 5.41) is 3.31. The van der Waals surface area contributed by atoms with Gasteiger partial charge in [-0.15, -0.1) is 12.4 Å². The number of ether oxygens (including phenoxy) is 1. The maximum Gasteiger partial charge on any atom is 0.260 e. The Bertz CT molecular complexity index is 430. The van der Waals surface area contributed by atoms with E-state index in [-0.39, 0.29) is 24.9 Å². The highest BCUT2D eigenvalue weighted by molar-refractivity contribution is 5.85. The van der Waals surface area contributed by atoms with E-state index in [0.717, 1.165) is 38.2 Å². The minimum atomic E-state index is 0. The molecule has 1 atom stereocenters. The lowest BCUT2D eigenvalue weighted by molar-refractivity contribution is -0.135. The first-order valence-corrected chi connectivity index (χ1v) is 7.40. The third kappa shape index (κ3) is 5.21. The summed E-state index contributed by atoms with van der Waals surface area (Å²) in [6.07, 6.45) is 2.02. The second-order valence-corrected chi connectivity index (χ2v) is 5.34. The molecule has 0 bridgehead atoms. The highest BCUT2D eigenvalue weighted by Gasteiger charge is 2.25. The molecule has 2 rings (SSSR count). The number of amides is 1. The summed E-state index contributed by atoms with van der Waals surface area (Å²) >= 11 is 0. The van der Waals surface area contributed by atoms with E-state index in [9.17, 15) is 4.79 Å². The van der Waals surface area contributed by atoms with Gasteiger partial charge in [0.15, 0.2) is 6.61 Å². The lowest BCUT2D eigenvalue weighted by Gasteiger charge is -2.28. The van der Waals surface area contributed by atoms with Crippen molar-refractivity contribution in [2.75, 3.05) is 26.2 Å². The topological polar surface area (TPSA) is 41.6 Å². The lowest BCUT2D eigenvalue weighted by Crippen LogP contribution is -2.44. The Hall–Kier alpha value is -1.26. The zero-order valence-corrected chi connectivity index (χ0v) is 13.6. The Balaban J connectivity index is 0.00000220. The summed E-state index contributed by atoms with van der Waals surface area (Å²) in [5.74, 6) is 0.839. The monoisotopic (exact) mass is 312 g/mol. The summed E-state index contributed by atoms with van der Waals surface area (Å²) in [5.41, 5.74) is 1.19. The van der Waals surface area contributed by atoms with Gasteiger partial charge in [-0.2, -0.15) is 0 Å². The molecule has 0 aliphatic carbocycles. The van der Waals surface area contributed by atoms with E-state index in [0.29, 0.717) is 6.04 Å². The first-order chi connectivity index (χ1) is 9.70. The molecule has 0 saturated carbocycles. The molecule has 21 heavy (non-hydrogen) atoms. The fourth-order valence-electron chi connectivity index (χ4n) is 2.52. The van der Waals surface area contributed by atoms with Crippen molar-refractivity contribution in [3.8, 4) is 5.75 Å². The second kappa shape index (κ2) is 8.90. The molecule has 1 N–H and O–H groups in total. The van der Waals surface area contributed by atoms with Gasteiger partial charge in [-0.3, -0.25) is 4.79 Å². The minimum absolute atomic E-state index is 0. The van der Waals surface area contributed by atoms with Crippen LogP contribution in [0, 0.1) is 6.92 Å². The van der Waals surface area contributed by atoms with E-state index in [1.807, 2.05) is 36.1 Å². The van der Waals surface area contributed by atoms with Crippen LogP contribution in [0.1, 0.15) is 25.3 Å². The number of rotatable bonds is 6. The van der Waals surface area contributed by atoms with Crippen LogP contribution in [-0.2, 0) is 4.79 Å². The van der Waals surface area contributed by atoms with Crippen LogP contribution in [-0.4, -0.2) is 43.1 Å². The van der Waals surface area contributed by atoms with Crippen molar-refractivity contribution in [1.82, 2.24) is 10.2 Å². The van der Waals surface area contributed by atoms with Crippen molar-refractivity contribution >= 4 is 18.3 Å². The number of carbonyl (C=O) groups is 1. The summed E-state index contributed by atoms with van der Waals surface area (Å²) < 4.78 is 5.60. The molecule has 118 valence electrons. The third-order valence-electron chi connectivity index (χ3n) is 3.64. The van der Waals surface area contributed by atoms with Gasteiger partial charge in [0.1, 0.15) is 5.75 Å². The van der Waals surface area contributed by atoms with Crippen molar-refractivity contribution in [1.29, 1.82) is 0 Å². The maximum absolute atomic E-state index is 12.3. The summed E-state index contributed by atoms with van der Waals surface area (Å²) in [7, 11) is 0. The van der Waals surface area contributed by atoms with Crippen LogP contribution < -0.4 is 10.1 Å². The molecule has 1 amide bonds. The summed E-state index contributed by atoms with van der Waals surface area (Å²) in [6, 6.07) is 8.12. The molecule has 1 aliphatic heterocycles. The number of aryl methyl sites for hydroxylation is 1. The molecule has 1 aromatic rings. The molecule has 1 aromatic carbocycles. The quantitative estimate of drug-likeness (QED) is 0.877. The minimum Gasteiger partial charge on any atom is -0.484 e. The van der Waals surface area contributed by atoms with Crippen molar-refractivity contribution in [3.05, 3.63) is 29.8 Å². The van der Waals surface area contributed by atoms with Crippen LogP contribution in [0.15, 0.2) is 24.3 Å². The normalized spacial score (nSPS) is 17.1. The standard InChI is InChI=1S/C16H24N2O2.ClH/c1-3-10-18(14-8-9-17-11-14)16(19)12-20-15-6-4-13(2)5-7-15;/h4-7,14,17H,3,8-12H2,1-2H3;1H. The van der Waals surface area contributed by atoms with Gasteiger partial charge in [0.05, 0.1) is 0 Å². The maximum atomic E-state index is 12.3. The third-order valence-corrected chi connectivity index (χ3v) is 3.64. The van der Waals surface area contributed by atoms with Gasteiger partial charge in [0.25, 0.3) is 5.91 Å². The van der Waals surface area contributed by atoms with Crippen LogP contribution in [0.3, 0.4) is 0 Å². The molecule has 0 radical (unpaired) electrons. The largest absolute Gasteiger partial charge is 0.484 e. The van der Waals surface area contributed by atoms with E-state index in [1.54, 1.807) is 0 Å². The molecular weight excluding hydrogens is 288 g/mol. The van der Waals surface area contributed by atoms with E-state index in [4.69, 9.17) is 4.74 Å². The molecule has 1 fully saturated rings. The van der Waals surface area contributed by atoms with Crippen molar-refractivity contribution < 1.29 is 9.53 Å². The molecule has 1 saturated heterocycles. The second-order valence-electron chi connectivity index (χ2n) is 5.34. The molecular formula is C16H25ClN2O2. The van der Waals surface area contributed by atoms with Gasteiger partial charge in [-0.05, 0) is 38.4 Å². The molecule has 5 heteroatoms. The predicted molar refractivity (Wildman–Crippen MR) is 87.2 cm³/mol. The smallest absolute Gasteiger partial charge is 0.260 e. The van der Waals surface area contributed by atoms with Crippen LogP contribution in [0.2, 0.25) is 0 Å². The van der Waals surface area contributed by atoms with E-state index in [2.05, 4.69) is 12.2 Å². The Morgan fingerprint density at radius 3 is 2.67 bits per heavy atom. The summed E-state index contributed by atoms with van der Waals surface area (Å²) in [4.78, 5) is 14.3. The molecule has 4 nitrogen and oxygen atoms in total. The predicted octanol–water partition coefficient (Wildman–Crippen LogP) is 2.40. The van der Waals surface area contributed by atoms with Crippen LogP contribution in [0.25, 0.3) is 0 Å². The first-order valence-electron chi connectivity index (χ1n) is 7.40. The van der Waals surface area contributed by atoms with E-state index < -0.39 is 0 Å². The van der Waals surface area contributed by atoms with Crippen molar-refractivity contribution in [3.63, 3.8) is 0 Å². The lowest BCUT2D eigenvalue weighted by atomic mass is 10.2. The van der Waals surface area contributed by atoms with Gasteiger partial charge >= 0.3 is 0 Å². The highest BCUT2D eigenvalue weighted by atomic mass is 35.5. The number of nitrogens with one attached hydrogen (secondary N) is 1. The SMILES string of the molecule is CCCN(C(=O)COc1ccc(C)cc1)C1CCNC1.Cl. The number of hydrogen-bond acceptors (Lipinski definition) is 3. The Labute approximate surface area is 133 Å². The Morgan fingerprint density at radius 1 is 1.38 bits per heavy atom. The number of hydrogen-bond donors (Lipinski definition) is 1. The zero-order chi connectivity index (χ0) is 14.4. The van der Waals surface area contributed by atoms with E-state index in [1.165, 1.54) is 5.56 Å². The zero-order valence-electron chi connectivity index (χ0n) is 12.8. The highest BCUT2D eigenvalue weighted by Crippen LogP contribution is 2.13. The number of halogens is 1. The molecule has 0 spiro atoms. The van der Waals surface area contributed by atoms with Gasteiger partial charge in [0.2, 0.25) is 0 Å². The summed E-state index contributed by atoms with van der Waals surface area (Å²) in [6.45, 7) is 6.96. The van der Waals surface area contributed by atoms with Gasteiger partial charge < -0.3 is 15.0 Å². The fourth-order valence-corrected chi connectivity index (χ4v) is 2.52. The molecule has 1 heterocycles. The Kier molecular flexibility index (Phi) is 7.54. The average Bonchev–Trinajstić information content (AvgIpc) is 2.97. The molecule has 0 aromatic heterocycles. The van der Waals surface area contributed by atoms with Crippen LogP contribution >= 0.6 is 12.4 Å². The number of benzene rings is 1. The van der Waals surface area contributed by atoms with Crippen LogP contribution in [0.4, 0.5) is 0 Å². The average molecular weight is 313 g/mol. The van der Waals surface area contributed by atoms with E-state index >= 15 is 0 Å². The molecule has 1 unspecified atom stereocenters. The van der Waals surface area contributed by atoms with Crippen LogP contribution in [0.5, 0.6) is 5.75 Å². The fraction of sp³-hybridized carbons (Fsp3) is 0.562.